The van der Waals surface area contributed by atoms with Crippen molar-refractivity contribution in [2.75, 3.05) is 23.9 Å². The van der Waals surface area contributed by atoms with Crippen LogP contribution in [0.4, 0.5) is 5.69 Å². The molecule has 138 valence electrons. The Morgan fingerprint density at radius 3 is 2.58 bits per heavy atom. The second-order valence-electron chi connectivity index (χ2n) is 7.90. The number of anilines is 1. The molecule has 26 heavy (non-hydrogen) atoms. The van der Waals surface area contributed by atoms with E-state index < -0.39 is 14.8 Å². The van der Waals surface area contributed by atoms with Gasteiger partial charge in [0.15, 0.2) is 0 Å². The Labute approximate surface area is 154 Å². The summed E-state index contributed by atoms with van der Waals surface area (Å²) in [5.74, 6) is 0.536. The van der Waals surface area contributed by atoms with E-state index in [0.717, 1.165) is 49.3 Å². The van der Waals surface area contributed by atoms with E-state index in [1.807, 2.05) is 30.3 Å². The van der Waals surface area contributed by atoms with Gasteiger partial charge in [0.1, 0.15) is 4.75 Å². The maximum atomic E-state index is 13.6. The van der Waals surface area contributed by atoms with Crippen LogP contribution in [-0.4, -0.2) is 33.0 Å². The van der Waals surface area contributed by atoms with Crippen molar-refractivity contribution in [2.24, 2.45) is 5.92 Å². The molecule has 3 heterocycles. The Morgan fingerprint density at radius 2 is 1.88 bits per heavy atom. The summed E-state index contributed by atoms with van der Waals surface area (Å²) in [7, 11) is -3.36. The molecule has 1 aromatic heterocycles. The fraction of sp³-hybridized carbons (Fsp3) is 0.500. The van der Waals surface area contributed by atoms with E-state index in [-0.39, 0.29) is 0 Å². The van der Waals surface area contributed by atoms with Crippen molar-refractivity contribution in [1.29, 1.82) is 0 Å². The molecule has 0 N–H and O–H groups in total. The Hall–Kier alpha value is -1.79. The minimum Gasteiger partial charge on any atom is -0.472 e. The summed E-state index contributed by atoms with van der Waals surface area (Å²) in [4.78, 5) is 2.33. The maximum absolute atomic E-state index is 13.6. The van der Waals surface area contributed by atoms with Gasteiger partial charge in [-0.1, -0.05) is 18.2 Å². The maximum Gasteiger partial charge on any atom is 0.245 e. The van der Waals surface area contributed by atoms with Gasteiger partial charge in [-0.3, -0.25) is 9.21 Å². The van der Waals surface area contributed by atoms with Crippen LogP contribution in [0.2, 0.25) is 0 Å². The van der Waals surface area contributed by atoms with E-state index in [1.165, 1.54) is 0 Å². The highest BCUT2D eigenvalue weighted by molar-refractivity contribution is 7.94. The molecule has 6 heteroatoms. The van der Waals surface area contributed by atoms with Crippen molar-refractivity contribution in [3.05, 3.63) is 54.0 Å². The molecule has 5 nitrogen and oxygen atoms in total. The SMILES string of the molecule is O=S1(=O)N(CC2CC2)c2ccccc2C12CCN(Cc1ccoc1)CC2. The van der Waals surface area contributed by atoms with Crippen LogP contribution in [0, 0.1) is 5.92 Å². The second kappa shape index (κ2) is 5.86. The van der Waals surface area contributed by atoms with Crippen LogP contribution in [-0.2, 0) is 21.3 Å². The standard InChI is InChI=1S/C20H24N2O3S/c23-26(24)20(8-10-21(11-9-20)13-17-7-12-25-15-17)18-3-1-2-4-19(18)22(26)14-16-5-6-16/h1-4,7,12,15-16H,5-6,8-11,13-14H2. The molecule has 2 aromatic rings. The highest BCUT2D eigenvalue weighted by atomic mass is 32.2. The van der Waals surface area contributed by atoms with Gasteiger partial charge >= 0.3 is 0 Å². The largest absolute Gasteiger partial charge is 0.472 e. The zero-order chi connectivity index (χ0) is 17.8. The van der Waals surface area contributed by atoms with Gasteiger partial charge in [-0.05, 0) is 49.3 Å². The number of rotatable bonds is 4. The third-order valence-corrected chi connectivity index (χ3v) is 8.76. The summed E-state index contributed by atoms with van der Waals surface area (Å²) < 4.78 is 33.4. The molecule has 1 aliphatic carbocycles. The van der Waals surface area contributed by atoms with Crippen LogP contribution in [0.1, 0.15) is 36.8 Å². The Kier molecular flexibility index (Phi) is 3.69. The van der Waals surface area contributed by atoms with Gasteiger partial charge in [0, 0.05) is 31.7 Å². The average molecular weight is 372 g/mol. The van der Waals surface area contributed by atoms with Crippen molar-refractivity contribution < 1.29 is 12.8 Å². The number of hydrogen-bond donors (Lipinski definition) is 0. The lowest BCUT2D eigenvalue weighted by atomic mass is 9.87. The lowest BCUT2D eigenvalue weighted by Crippen LogP contribution is -2.48. The van der Waals surface area contributed by atoms with E-state index in [9.17, 15) is 8.42 Å². The summed E-state index contributed by atoms with van der Waals surface area (Å²) in [5, 5.41) is 0. The summed E-state index contributed by atoms with van der Waals surface area (Å²) in [6.07, 6.45) is 7.08. The summed E-state index contributed by atoms with van der Waals surface area (Å²) in [5.41, 5.74) is 3.08. The number of furan rings is 1. The van der Waals surface area contributed by atoms with Crippen LogP contribution >= 0.6 is 0 Å². The lowest BCUT2D eigenvalue weighted by molar-refractivity contribution is 0.189. The molecule has 1 saturated carbocycles. The second-order valence-corrected chi connectivity index (χ2v) is 10.1. The summed E-state index contributed by atoms with van der Waals surface area (Å²) in [6, 6.07) is 9.94. The predicted octanol–water partition coefficient (Wildman–Crippen LogP) is 3.33. The first-order valence-corrected chi connectivity index (χ1v) is 10.9. The third-order valence-electron chi connectivity index (χ3n) is 6.22. The molecule has 5 rings (SSSR count). The molecule has 0 bridgehead atoms. The van der Waals surface area contributed by atoms with Gasteiger partial charge in [0.2, 0.25) is 10.0 Å². The molecule has 2 aliphatic heterocycles. The Bertz CT molecular complexity index is 895. The molecule has 1 saturated heterocycles. The third kappa shape index (κ3) is 2.42. The van der Waals surface area contributed by atoms with Crippen molar-refractivity contribution in [3.63, 3.8) is 0 Å². The molecule has 2 fully saturated rings. The normalized spacial score (nSPS) is 24.1. The van der Waals surface area contributed by atoms with E-state index in [4.69, 9.17) is 4.42 Å². The molecule has 0 atom stereocenters. The lowest BCUT2D eigenvalue weighted by Gasteiger charge is -2.39. The van der Waals surface area contributed by atoms with Gasteiger partial charge in [-0.25, -0.2) is 8.42 Å². The number of fused-ring (bicyclic) bond motifs is 2. The summed E-state index contributed by atoms with van der Waals surface area (Å²) in [6.45, 7) is 3.05. The number of benzene rings is 1. The number of sulfonamides is 1. The van der Waals surface area contributed by atoms with Crippen LogP contribution in [0.3, 0.4) is 0 Å². The van der Waals surface area contributed by atoms with Gasteiger partial charge in [0.05, 0.1) is 18.2 Å². The highest BCUT2D eigenvalue weighted by Gasteiger charge is 2.57. The Balaban J connectivity index is 1.44. The minimum absolute atomic E-state index is 0.536. The smallest absolute Gasteiger partial charge is 0.245 e. The molecule has 3 aliphatic rings. The number of hydrogen-bond acceptors (Lipinski definition) is 4. The van der Waals surface area contributed by atoms with Crippen LogP contribution < -0.4 is 4.31 Å². The van der Waals surface area contributed by atoms with Gasteiger partial charge in [0.25, 0.3) is 0 Å². The van der Waals surface area contributed by atoms with Crippen LogP contribution in [0.25, 0.3) is 0 Å². The van der Waals surface area contributed by atoms with Crippen LogP contribution in [0.5, 0.6) is 0 Å². The van der Waals surface area contributed by atoms with Crippen LogP contribution in [0.15, 0.2) is 47.3 Å². The number of likely N-dealkylation sites (tertiary alicyclic amines) is 1. The fourth-order valence-electron chi connectivity index (χ4n) is 4.53. The first-order chi connectivity index (χ1) is 12.6. The zero-order valence-electron chi connectivity index (χ0n) is 14.8. The van der Waals surface area contributed by atoms with Gasteiger partial charge in [-0.15, -0.1) is 0 Å². The number of nitrogens with zero attached hydrogens (tertiary/aromatic N) is 2. The average Bonchev–Trinajstić information content (AvgIpc) is 3.30. The molecule has 1 aromatic carbocycles. The molecule has 0 unspecified atom stereocenters. The fourth-order valence-corrected chi connectivity index (χ4v) is 6.92. The van der Waals surface area contributed by atoms with E-state index >= 15 is 0 Å². The highest BCUT2D eigenvalue weighted by Crippen LogP contribution is 2.53. The molecule has 1 spiro atoms. The molecular formula is C20H24N2O3S. The van der Waals surface area contributed by atoms with Crippen molar-refractivity contribution >= 4 is 15.7 Å². The number of piperidine rings is 1. The zero-order valence-corrected chi connectivity index (χ0v) is 15.6. The van der Waals surface area contributed by atoms with Crippen molar-refractivity contribution in [3.8, 4) is 0 Å². The topological polar surface area (TPSA) is 53.8 Å². The molecule has 0 radical (unpaired) electrons. The molecule has 0 amide bonds. The monoisotopic (exact) mass is 372 g/mol. The Morgan fingerprint density at radius 1 is 1.12 bits per heavy atom. The van der Waals surface area contributed by atoms with E-state index in [2.05, 4.69) is 4.90 Å². The van der Waals surface area contributed by atoms with Crippen molar-refractivity contribution in [2.45, 2.75) is 37.0 Å². The van der Waals surface area contributed by atoms with Crippen molar-refractivity contribution in [1.82, 2.24) is 4.90 Å². The van der Waals surface area contributed by atoms with Gasteiger partial charge < -0.3 is 4.42 Å². The van der Waals surface area contributed by atoms with E-state index in [0.29, 0.717) is 25.3 Å². The summed E-state index contributed by atoms with van der Waals surface area (Å²) >= 11 is 0. The molecular weight excluding hydrogens is 348 g/mol. The predicted molar refractivity (Wildman–Crippen MR) is 100 cm³/mol. The first-order valence-electron chi connectivity index (χ1n) is 9.45. The van der Waals surface area contributed by atoms with E-state index in [1.54, 1.807) is 16.8 Å². The number of para-hydroxylation sites is 1. The first kappa shape index (κ1) is 16.4. The van der Waals surface area contributed by atoms with Gasteiger partial charge in [-0.2, -0.15) is 0 Å². The quantitative estimate of drug-likeness (QED) is 0.826. The minimum atomic E-state index is -3.36.